The van der Waals surface area contributed by atoms with Crippen LogP contribution in [0.15, 0.2) is 18.2 Å². The highest BCUT2D eigenvalue weighted by Gasteiger charge is 2.02. The summed E-state index contributed by atoms with van der Waals surface area (Å²) >= 11 is 0. The largest absolute Gasteiger partial charge is 0.504 e. The molecule has 0 saturated heterocycles. The van der Waals surface area contributed by atoms with Gasteiger partial charge in [-0.3, -0.25) is 0 Å². The molecule has 0 bridgehead atoms. The Balaban J connectivity index is 2.83. The van der Waals surface area contributed by atoms with Crippen molar-refractivity contribution >= 4 is 0 Å². The van der Waals surface area contributed by atoms with Gasteiger partial charge in [-0.05, 0) is 24.6 Å². The van der Waals surface area contributed by atoms with Crippen LogP contribution >= 0.6 is 0 Å². The average molecular weight is 182 g/mol. The zero-order valence-corrected chi connectivity index (χ0v) is 7.91. The Morgan fingerprint density at radius 3 is 2.77 bits per heavy atom. The first kappa shape index (κ1) is 9.86. The molecule has 72 valence electrons. The molecule has 1 aromatic carbocycles. The number of hydrogen-bond donors (Lipinski definition) is 1. The van der Waals surface area contributed by atoms with E-state index in [0.29, 0.717) is 19.0 Å². The first-order valence-corrected chi connectivity index (χ1v) is 4.21. The summed E-state index contributed by atoms with van der Waals surface area (Å²) in [5.74, 6) is 0.679. The lowest BCUT2D eigenvalue weighted by molar-refractivity contribution is 0.184. The van der Waals surface area contributed by atoms with E-state index >= 15 is 0 Å². The lowest BCUT2D eigenvalue weighted by Crippen LogP contribution is -1.94. The second-order valence-electron chi connectivity index (χ2n) is 2.67. The van der Waals surface area contributed by atoms with E-state index < -0.39 is 0 Å². The summed E-state index contributed by atoms with van der Waals surface area (Å²) in [5.41, 5.74) is 0.990. The molecule has 1 rings (SSSR count). The van der Waals surface area contributed by atoms with Gasteiger partial charge in [0, 0.05) is 7.11 Å². The van der Waals surface area contributed by atoms with Crippen LogP contribution in [0.3, 0.4) is 0 Å². The molecule has 3 heteroatoms. The number of rotatable bonds is 4. The molecule has 0 unspecified atom stereocenters. The molecule has 0 saturated carbocycles. The van der Waals surface area contributed by atoms with Gasteiger partial charge >= 0.3 is 0 Å². The fourth-order valence-electron chi connectivity index (χ4n) is 1.09. The lowest BCUT2D eigenvalue weighted by Gasteiger charge is -2.07. The maximum absolute atomic E-state index is 9.37. The molecular formula is C10H14O3. The molecule has 0 aliphatic rings. The molecular weight excluding hydrogens is 168 g/mol. The summed E-state index contributed by atoms with van der Waals surface area (Å²) in [6, 6.07) is 5.20. The minimum Gasteiger partial charge on any atom is -0.504 e. The molecule has 0 amide bonds. The van der Waals surface area contributed by atoms with Gasteiger partial charge in [0.25, 0.3) is 0 Å². The van der Waals surface area contributed by atoms with Gasteiger partial charge in [-0.2, -0.15) is 0 Å². The second-order valence-corrected chi connectivity index (χ2v) is 2.67. The Morgan fingerprint density at radius 2 is 2.15 bits per heavy atom. The van der Waals surface area contributed by atoms with Crippen molar-refractivity contribution in [1.82, 2.24) is 0 Å². The fraction of sp³-hybridized carbons (Fsp3) is 0.400. The maximum Gasteiger partial charge on any atom is 0.161 e. The first-order valence-electron chi connectivity index (χ1n) is 4.21. The van der Waals surface area contributed by atoms with Crippen molar-refractivity contribution < 1.29 is 14.6 Å². The Morgan fingerprint density at radius 1 is 1.38 bits per heavy atom. The van der Waals surface area contributed by atoms with E-state index in [1.54, 1.807) is 25.3 Å². The van der Waals surface area contributed by atoms with Crippen molar-refractivity contribution in [2.75, 3.05) is 13.7 Å². The summed E-state index contributed by atoms with van der Waals surface area (Å²) in [6.07, 6.45) is 0. The van der Waals surface area contributed by atoms with Gasteiger partial charge in [0.2, 0.25) is 0 Å². The second kappa shape index (κ2) is 4.72. The van der Waals surface area contributed by atoms with Crippen molar-refractivity contribution in [3.8, 4) is 11.5 Å². The zero-order valence-electron chi connectivity index (χ0n) is 7.91. The number of aromatic hydroxyl groups is 1. The summed E-state index contributed by atoms with van der Waals surface area (Å²) in [6.45, 7) is 2.95. The highest BCUT2D eigenvalue weighted by Crippen LogP contribution is 2.26. The number of hydrogen-bond acceptors (Lipinski definition) is 3. The molecule has 0 aromatic heterocycles. The van der Waals surface area contributed by atoms with Gasteiger partial charge < -0.3 is 14.6 Å². The zero-order chi connectivity index (χ0) is 9.68. The number of phenols is 1. The van der Waals surface area contributed by atoms with Crippen LogP contribution in [0, 0.1) is 0 Å². The van der Waals surface area contributed by atoms with Crippen LogP contribution in [-0.2, 0) is 11.3 Å². The smallest absolute Gasteiger partial charge is 0.161 e. The van der Waals surface area contributed by atoms with Gasteiger partial charge in [0.05, 0.1) is 13.2 Å². The van der Waals surface area contributed by atoms with E-state index in [2.05, 4.69) is 0 Å². The quantitative estimate of drug-likeness (QED) is 0.773. The van der Waals surface area contributed by atoms with Gasteiger partial charge in [-0.25, -0.2) is 0 Å². The first-order chi connectivity index (χ1) is 6.27. The third-order valence-corrected chi connectivity index (χ3v) is 1.64. The molecule has 1 N–H and O–H groups in total. The predicted molar refractivity (Wildman–Crippen MR) is 50.0 cm³/mol. The Hall–Kier alpha value is -1.22. The van der Waals surface area contributed by atoms with Crippen molar-refractivity contribution in [2.45, 2.75) is 13.5 Å². The van der Waals surface area contributed by atoms with Crippen LogP contribution in [-0.4, -0.2) is 18.8 Å². The molecule has 1 aromatic rings. The summed E-state index contributed by atoms with van der Waals surface area (Å²) in [4.78, 5) is 0. The fourth-order valence-corrected chi connectivity index (χ4v) is 1.09. The Bertz CT molecular complexity index is 271. The summed E-state index contributed by atoms with van der Waals surface area (Å²) in [5, 5.41) is 9.37. The highest BCUT2D eigenvalue weighted by atomic mass is 16.5. The molecule has 0 fully saturated rings. The molecule has 3 nitrogen and oxygen atoms in total. The third kappa shape index (κ3) is 2.63. The summed E-state index contributed by atoms with van der Waals surface area (Å²) < 4.78 is 10.2. The van der Waals surface area contributed by atoms with Crippen LogP contribution in [0.25, 0.3) is 0 Å². The van der Waals surface area contributed by atoms with E-state index in [9.17, 15) is 5.11 Å². The van der Waals surface area contributed by atoms with Crippen LogP contribution in [0.1, 0.15) is 12.5 Å². The predicted octanol–water partition coefficient (Wildman–Crippen LogP) is 1.94. The Kier molecular flexibility index (Phi) is 3.58. The highest BCUT2D eigenvalue weighted by molar-refractivity contribution is 5.41. The third-order valence-electron chi connectivity index (χ3n) is 1.64. The maximum atomic E-state index is 9.37. The van der Waals surface area contributed by atoms with Crippen LogP contribution in [0.5, 0.6) is 11.5 Å². The lowest BCUT2D eigenvalue weighted by atomic mass is 10.2. The number of methoxy groups -OCH3 is 1. The monoisotopic (exact) mass is 182 g/mol. The molecule has 0 atom stereocenters. The van der Waals surface area contributed by atoms with E-state index in [1.807, 2.05) is 6.92 Å². The van der Waals surface area contributed by atoms with Gasteiger partial charge in [-0.15, -0.1) is 0 Å². The van der Waals surface area contributed by atoms with Crippen molar-refractivity contribution in [1.29, 1.82) is 0 Å². The minimum absolute atomic E-state index is 0.168. The van der Waals surface area contributed by atoms with Crippen LogP contribution in [0.4, 0.5) is 0 Å². The molecule has 0 aliphatic heterocycles. The molecule has 0 spiro atoms. The van der Waals surface area contributed by atoms with Gasteiger partial charge in [0.15, 0.2) is 11.5 Å². The molecule has 0 heterocycles. The van der Waals surface area contributed by atoms with E-state index in [0.717, 1.165) is 5.56 Å². The number of phenolic OH excluding ortho intramolecular Hbond substituents is 1. The standard InChI is InChI=1S/C10H14O3/c1-3-13-10-6-8(7-12-2)4-5-9(10)11/h4-6,11H,3,7H2,1-2H3. The van der Waals surface area contributed by atoms with Crippen LogP contribution in [0.2, 0.25) is 0 Å². The van der Waals surface area contributed by atoms with E-state index in [1.165, 1.54) is 0 Å². The molecule has 0 radical (unpaired) electrons. The van der Waals surface area contributed by atoms with Crippen LogP contribution < -0.4 is 4.74 Å². The van der Waals surface area contributed by atoms with Gasteiger partial charge in [0.1, 0.15) is 0 Å². The van der Waals surface area contributed by atoms with Crippen molar-refractivity contribution in [2.24, 2.45) is 0 Å². The topological polar surface area (TPSA) is 38.7 Å². The van der Waals surface area contributed by atoms with Gasteiger partial charge in [-0.1, -0.05) is 6.07 Å². The average Bonchev–Trinajstić information content (AvgIpc) is 2.12. The minimum atomic E-state index is 0.168. The van der Waals surface area contributed by atoms with Crippen molar-refractivity contribution in [3.05, 3.63) is 23.8 Å². The van der Waals surface area contributed by atoms with E-state index in [4.69, 9.17) is 9.47 Å². The number of ether oxygens (including phenoxy) is 2. The molecule has 0 aliphatic carbocycles. The van der Waals surface area contributed by atoms with E-state index in [-0.39, 0.29) is 5.75 Å². The normalized spacial score (nSPS) is 10.0. The summed E-state index contributed by atoms with van der Waals surface area (Å²) in [7, 11) is 1.63. The SMILES string of the molecule is CCOc1cc(COC)ccc1O. The Labute approximate surface area is 77.9 Å². The number of benzene rings is 1. The molecule has 13 heavy (non-hydrogen) atoms. The van der Waals surface area contributed by atoms with Crippen molar-refractivity contribution in [3.63, 3.8) is 0 Å².